The third-order valence-corrected chi connectivity index (χ3v) is 4.50. The van der Waals surface area contributed by atoms with Crippen molar-refractivity contribution in [2.75, 3.05) is 6.61 Å². The van der Waals surface area contributed by atoms with Gasteiger partial charge in [-0.1, -0.05) is 13.0 Å². The van der Waals surface area contributed by atoms with Crippen LogP contribution in [0.25, 0.3) is 0 Å². The first-order valence-corrected chi connectivity index (χ1v) is 7.50. The van der Waals surface area contributed by atoms with E-state index >= 15 is 0 Å². The Kier molecular flexibility index (Phi) is 5.24. The highest BCUT2D eigenvalue weighted by atomic mass is 32.2. The van der Waals surface area contributed by atoms with E-state index in [9.17, 15) is 26.7 Å². The van der Waals surface area contributed by atoms with E-state index in [2.05, 4.69) is 9.46 Å². The Morgan fingerprint density at radius 1 is 1.33 bits per heavy atom. The molecule has 0 fully saturated rings. The van der Waals surface area contributed by atoms with Crippen molar-refractivity contribution >= 4 is 10.0 Å². The number of hydrogen-bond donors (Lipinski definition) is 2. The van der Waals surface area contributed by atoms with Crippen LogP contribution in [0.3, 0.4) is 0 Å². The molecule has 1 unspecified atom stereocenters. The van der Waals surface area contributed by atoms with Crippen molar-refractivity contribution in [3.05, 3.63) is 24.3 Å². The molecule has 1 atom stereocenters. The third kappa shape index (κ3) is 5.18. The van der Waals surface area contributed by atoms with Gasteiger partial charge < -0.3 is 9.84 Å². The summed E-state index contributed by atoms with van der Waals surface area (Å²) in [5, 5.41) is 9.20. The van der Waals surface area contributed by atoms with Crippen LogP contribution in [0.1, 0.15) is 20.3 Å². The van der Waals surface area contributed by atoms with Gasteiger partial charge in [0.25, 0.3) is 0 Å². The first kappa shape index (κ1) is 17.7. The molecular formula is C12H16F3NO4S. The number of halogens is 3. The molecule has 2 N–H and O–H groups in total. The fourth-order valence-corrected chi connectivity index (χ4v) is 2.94. The minimum Gasteiger partial charge on any atom is -0.406 e. The van der Waals surface area contributed by atoms with E-state index in [0.717, 1.165) is 24.3 Å². The Hall–Kier alpha value is -1.32. The highest BCUT2D eigenvalue weighted by molar-refractivity contribution is 7.89. The summed E-state index contributed by atoms with van der Waals surface area (Å²) in [4.78, 5) is -0.377. The van der Waals surface area contributed by atoms with Crippen molar-refractivity contribution in [3.63, 3.8) is 0 Å². The zero-order valence-electron chi connectivity index (χ0n) is 11.4. The van der Waals surface area contributed by atoms with E-state index in [4.69, 9.17) is 0 Å². The smallest absolute Gasteiger partial charge is 0.406 e. The van der Waals surface area contributed by atoms with Gasteiger partial charge in [-0.15, -0.1) is 13.2 Å². The molecule has 0 aromatic heterocycles. The van der Waals surface area contributed by atoms with Crippen LogP contribution in [0, 0.1) is 0 Å². The Bertz CT molecular complexity index is 582. The van der Waals surface area contributed by atoms with Gasteiger partial charge in [0.05, 0.1) is 17.0 Å². The van der Waals surface area contributed by atoms with Gasteiger partial charge in [-0.2, -0.15) is 0 Å². The third-order valence-electron chi connectivity index (χ3n) is 2.86. The molecule has 1 aromatic rings. The quantitative estimate of drug-likeness (QED) is 0.838. The molecule has 0 aliphatic carbocycles. The molecule has 0 amide bonds. The summed E-state index contributed by atoms with van der Waals surface area (Å²) in [6.45, 7) is 2.71. The van der Waals surface area contributed by atoms with Crippen LogP contribution in [0.15, 0.2) is 29.2 Å². The molecule has 0 aliphatic rings. The fraction of sp³-hybridized carbons (Fsp3) is 0.500. The second-order valence-corrected chi connectivity index (χ2v) is 6.38. The average molecular weight is 327 g/mol. The molecule has 9 heteroatoms. The average Bonchev–Trinajstić information content (AvgIpc) is 2.36. The second kappa shape index (κ2) is 6.20. The van der Waals surface area contributed by atoms with Crippen LogP contribution < -0.4 is 9.46 Å². The number of alkyl halides is 3. The van der Waals surface area contributed by atoms with Gasteiger partial charge in [0.1, 0.15) is 5.75 Å². The molecule has 120 valence electrons. The van der Waals surface area contributed by atoms with Gasteiger partial charge in [0.2, 0.25) is 10.0 Å². The number of ether oxygens (including phenoxy) is 1. The number of benzene rings is 1. The number of sulfonamides is 1. The molecule has 0 spiro atoms. The maximum Gasteiger partial charge on any atom is 0.573 e. The summed E-state index contributed by atoms with van der Waals surface area (Å²) in [5.74, 6) is -0.632. The van der Waals surface area contributed by atoms with Crippen molar-refractivity contribution in [2.45, 2.75) is 37.1 Å². The molecule has 0 heterocycles. The van der Waals surface area contributed by atoms with Crippen molar-refractivity contribution in [3.8, 4) is 5.75 Å². The summed E-state index contributed by atoms with van der Waals surface area (Å²) in [7, 11) is -4.08. The molecule has 0 saturated carbocycles. The summed E-state index contributed by atoms with van der Waals surface area (Å²) < 4.78 is 66.6. The number of nitrogens with one attached hydrogen (secondary N) is 1. The lowest BCUT2D eigenvalue weighted by atomic mass is 10.0. The van der Waals surface area contributed by atoms with E-state index in [1.165, 1.54) is 6.92 Å². The lowest BCUT2D eigenvalue weighted by Gasteiger charge is -2.26. The first-order chi connectivity index (χ1) is 9.51. The fourth-order valence-electron chi connectivity index (χ4n) is 1.44. The lowest BCUT2D eigenvalue weighted by molar-refractivity contribution is -0.274. The zero-order valence-corrected chi connectivity index (χ0v) is 12.3. The highest BCUT2D eigenvalue weighted by Crippen LogP contribution is 2.25. The normalized spacial score (nSPS) is 15.5. The van der Waals surface area contributed by atoms with Crippen molar-refractivity contribution in [1.29, 1.82) is 0 Å². The largest absolute Gasteiger partial charge is 0.573 e. The van der Waals surface area contributed by atoms with Gasteiger partial charge in [-0.05, 0) is 25.5 Å². The number of rotatable bonds is 6. The summed E-state index contributed by atoms with van der Waals surface area (Å²) in [6.07, 6.45) is -4.60. The molecule has 0 saturated heterocycles. The molecule has 0 bridgehead atoms. The van der Waals surface area contributed by atoms with E-state index in [1.807, 2.05) is 0 Å². The minimum atomic E-state index is -4.90. The lowest BCUT2D eigenvalue weighted by Crippen LogP contribution is -2.48. The Morgan fingerprint density at radius 3 is 2.43 bits per heavy atom. The number of aliphatic hydroxyl groups excluding tert-OH is 1. The Morgan fingerprint density at radius 2 is 1.95 bits per heavy atom. The predicted molar refractivity (Wildman–Crippen MR) is 69.2 cm³/mol. The molecule has 5 nitrogen and oxygen atoms in total. The van der Waals surface area contributed by atoms with Gasteiger partial charge in [0, 0.05) is 6.07 Å². The summed E-state index contributed by atoms with van der Waals surface area (Å²) in [6, 6.07) is 4.04. The van der Waals surface area contributed by atoms with Crippen LogP contribution in [0.5, 0.6) is 5.75 Å². The topological polar surface area (TPSA) is 75.6 Å². The molecule has 1 aromatic carbocycles. The van der Waals surface area contributed by atoms with Crippen molar-refractivity contribution in [1.82, 2.24) is 4.72 Å². The summed E-state index contributed by atoms with van der Waals surface area (Å²) >= 11 is 0. The van der Waals surface area contributed by atoms with E-state index < -0.39 is 34.3 Å². The van der Waals surface area contributed by atoms with E-state index in [0.29, 0.717) is 6.42 Å². The van der Waals surface area contributed by atoms with Crippen LogP contribution in [0.4, 0.5) is 13.2 Å². The number of hydrogen-bond acceptors (Lipinski definition) is 4. The van der Waals surface area contributed by atoms with E-state index in [1.54, 1.807) is 6.92 Å². The van der Waals surface area contributed by atoms with Gasteiger partial charge >= 0.3 is 6.36 Å². The maximum absolute atomic E-state index is 12.1. The van der Waals surface area contributed by atoms with Crippen molar-refractivity contribution in [2.24, 2.45) is 0 Å². The molecule has 1 rings (SSSR count). The van der Waals surface area contributed by atoms with Gasteiger partial charge in [-0.3, -0.25) is 0 Å². The monoisotopic (exact) mass is 327 g/mol. The van der Waals surface area contributed by atoms with Crippen LogP contribution in [-0.2, 0) is 10.0 Å². The molecule has 0 radical (unpaired) electrons. The highest BCUT2D eigenvalue weighted by Gasteiger charge is 2.32. The van der Waals surface area contributed by atoms with Crippen molar-refractivity contribution < 1.29 is 31.4 Å². The first-order valence-electron chi connectivity index (χ1n) is 6.02. The van der Waals surface area contributed by atoms with Crippen LogP contribution in [0.2, 0.25) is 0 Å². The summed E-state index contributed by atoms with van der Waals surface area (Å²) in [5.41, 5.74) is -1.10. The number of aliphatic hydroxyl groups is 1. The van der Waals surface area contributed by atoms with Gasteiger partial charge in [-0.25, -0.2) is 13.1 Å². The molecular weight excluding hydrogens is 311 g/mol. The Balaban J connectivity index is 3.07. The van der Waals surface area contributed by atoms with Gasteiger partial charge in [0.15, 0.2) is 0 Å². The van der Waals surface area contributed by atoms with E-state index in [-0.39, 0.29) is 4.90 Å². The predicted octanol–water partition coefficient (Wildman–Crippen LogP) is 2.02. The second-order valence-electron chi connectivity index (χ2n) is 4.70. The van der Waals surface area contributed by atoms with Crippen LogP contribution >= 0.6 is 0 Å². The SMILES string of the molecule is CCC(C)(CO)NS(=O)(=O)c1cccc(OC(F)(F)F)c1. The maximum atomic E-state index is 12.1. The standard InChI is InChI=1S/C12H16F3NO4S/c1-3-11(2,8-17)16-21(18,19)10-6-4-5-9(7-10)20-12(13,14)15/h4-7,16-17H,3,8H2,1-2H3. The Labute approximate surface area is 120 Å². The minimum absolute atomic E-state index is 0.307. The van der Waals surface area contributed by atoms with Crippen LogP contribution in [-0.4, -0.2) is 32.0 Å². The zero-order chi connectivity index (χ0) is 16.3. The molecule has 0 aliphatic heterocycles. The molecule has 21 heavy (non-hydrogen) atoms.